The molecule has 0 saturated carbocycles. The molecule has 5 nitrogen and oxygen atoms in total. The Labute approximate surface area is 115 Å². The number of amides is 1. The summed E-state index contributed by atoms with van der Waals surface area (Å²) >= 11 is 3.41. The van der Waals surface area contributed by atoms with Crippen molar-refractivity contribution in [1.29, 1.82) is 0 Å². The molecule has 98 valence electrons. The smallest absolute Gasteiger partial charge is 0.242 e. The van der Waals surface area contributed by atoms with Crippen molar-refractivity contribution in [2.24, 2.45) is 0 Å². The summed E-state index contributed by atoms with van der Waals surface area (Å²) in [7, 11) is 0. The van der Waals surface area contributed by atoms with E-state index in [1.165, 1.54) is 0 Å². The molecule has 1 fully saturated rings. The Bertz CT molecular complexity index is 452. The molecule has 0 radical (unpaired) electrons. The number of carbonyl (C=O) groups excluding carboxylic acids is 1. The van der Waals surface area contributed by atoms with Gasteiger partial charge in [-0.15, -0.1) is 0 Å². The number of hydrogen-bond acceptors (Lipinski definition) is 4. The molecule has 0 aliphatic carbocycles. The maximum absolute atomic E-state index is 11.7. The second-order valence-electron chi connectivity index (χ2n) is 4.38. The van der Waals surface area contributed by atoms with Crippen molar-refractivity contribution in [3.8, 4) is 0 Å². The SMILES string of the molecule is CCCc1nc(Br)cc(N2CCNC(=O)C2C)n1. The minimum absolute atomic E-state index is 0.0491. The average molecular weight is 313 g/mol. The van der Waals surface area contributed by atoms with Crippen LogP contribution in [0.4, 0.5) is 5.82 Å². The van der Waals surface area contributed by atoms with E-state index in [0.29, 0.717) is 6.54 Å². The second kappa shape index (κ2) is 5.65. The van der Waals surface area contributed by atoms with Crippen LogP contribution in [0.3, 0.4) is 0 Å². The van der Waals surface area contributed by atoms with Crippen LogP contribution in [0.1, 0.15) is 26.1 Å². The maximum atomic E-state index is 11.7. The van der Waals surface area contributed by atoms with Crippen molar-refractivity contribution in [2.75, 3.05) is 18.0 Å². The van der Waals surface area contributed by atoms with Crippen LogP contribution in [0.5, 0.6) is 0 Å². The van der Waals surface area contributed by atoms with Crippen molar-refractivity contribution < 1.29 is 4.79 Å². The van der Waals surface area contributed by atoms with Crippen molar-refractivity contribution in [3.63, 3.8) is 0 Å². The van der Waals surface area contributed by atoms with E-state index in [9.17, 15) is 4.79 Å². The molecule has 2 rings (SSSR count). The highest BCUT2D eigenvalue weighted by atomic mass is 79.9. The first-order chi connectivity index (χ1) is 8.61. The standard InChI is InChI=1S/C12H17BrN4O/c1-3-4-10-15-9(13)7-11(16-10)17-6-5-14-12(18)8(17)2/h7-8H,3-6H2,1-2H3,(H,14,18). The highest BCUT2D eigenvalue weighted by Gasteiger charge is 2.26. The normalized spacial score (nSPS) is 19.8. The lowest BCUT2D eigenvalue weighted by Gasteiger charge is -2.33. The number of carbonyl (C=O) groups is 1. The fourth-order valence-electron chi connectivity index (χ4n) is 2.03. The molecule has 2 heterocycles. The molecule has 1 atom stereocenters. The number of rotatable bonds is 3. The van der Waals surface area contributed by atoms with Gasteiger partial charge in [0.05, 0.1) is 0 Å². The highest BCUT2D eigenvalue weighted by molar-refractivity contribution is 9.10. The van der Waals surface area contributed by atoms with Crippen molar-refractivity contribution in [3.05, 3.63) is 16.5 Å². The van der Waals surface area contributed by atoms with Crippen LogP contribution >= 0.6 is 15.9 Å². The predicted molar refractivity (Wildman–Crippen MR) is 73.5 cm³/mol. The number of halogens is 1. The van der Waals surface area contributed by atoms with Gasteiger partial charge in [0.2, 0.25) is 5.91 Å². The van der Waals surface area contributed by atoms with E-state index in [1.54, 1.807) is 0 Å². The fraction of sp³-hybridized carbons (Fsp3) is 0.583. The van der Waals surface area contributed by atoms with Crippen molar-refractivity contribution >= 4 is 27.7 Å². The lowest BCUT2D eigenvalue weighted by Crippen LogP contribution is -2.54. The summed E-state index contributed by atoms with van der Waals surface area (Å²) in [5.74, 6) is 1.69. The Kier molecular flexibility index (Phi) is 4.16. The van der Waals surface area contributed by atoms with Crippen molar-refractivity contribution in [1.82, 2.24) is 15.3 Å². The predicted octanol–water partition coefficient (Wildman–Crippen LogP) is 1.52. The van der Waals surface area contributed by atoms with Gasteiger partial charge in [0, 0.05) is 25.6 Å². The summed E-state index contributed by atoms with van der Waals surface area (Å²) < 4.78 is 0.772. The number of nitrogens with zero attached hydrogens (tertiary/aromatic N) is 3. The van der Waals surface area contributed by atoms with Gasteiger partial charge in [0.15, 0.2) is 0 Å². The third kappa shape index (κ3) is 2.80. The number of piperazine rings is 1. The van der Waals surface area contributed by atoms with Gasteiger partial charge < -0.3 is 10.2 Å². The molecule has 1 aromatic rings. The zero-order chi connectivity index (χ0) is 13.1. The maximum Gasteiger partial charge on any atom is 0.242 e. The molecule has 1 saturated heterocycles. The summed E-state index contributed by atoms with van der Waals surface area (Å²) in [6.07, 6.45) is 1.85. The summed E-state index contributed by atoms with van der Waals surface area (Å²) in [6.45, 7) is 5.43. The van der Waals surface area contributed by atoms with Gasteiger partial charge in [-0.3, -0.25) is 4.79 Å². The molecule has 1 N–H and O–H groups in total. The summed E-state index contributed by atoms with van der Waals surface area (Å²) in [6, 6.07) is 1.68. The fourth-order valence-corrected chi connectivity index (χ4v) is 2.44. The molecular weight excluding hydrogens is 296 g/mol. The van der Waals surface area contributed by atoms with E-state index < -0.39 is 0 Å². The molecule has 0 aromatic carbocycles. The van der Waals surface area contributed by atoms with Crippen LogP contribution in [0.25, 0.3) is 0 Å². The summed E-state index contributed by atoms with van der Waals surface area (Å²) in [5.41, 5.74) is 0. The van der Waals surface area contributed by atoms with Crippen LogP contribution in [-0.4, -0.2) is 35.0 Å². The lowest BCUT2D eigenvalue weighted by atomic mass is 10.2. The van der Waals surface area contributed by atoms with Crippen molar-refractivity contribution in [2.45, 2.75) is 32.7 Å². The van der Waals surface area contributed by atoms with E-state index in [2.05, 4.69) is 38.1 Å². The average Bonchev–Trinajstić information content (AvgIpc) is 2.32. The van der Waals surface area contributed by atoms with Crippen LogP contribution in [0.15, 0.2) is 10.7 Å². The van der Waals surface area contributed by atoms with E-state index >= 15 is 0 Å². The quantitative estimate of drug-likeness (QED) is 0.860. The Morgan fingerprint density at radius 2 is 2.33 bits per heavy atom. The Morgan fingerprint density at radius 3 is 3.06 bits per heavy atom. The van der Waals surface area contributed by atoms with Gasteiger partial charge in [0.1, 0.15) is 22.3 Å². The Hall–Kier alpha value is -1.17. The molecule has 0 bridgehead atoms. The lowest BCUT2D eigenvalue weighted by molar-refractivity contribution is -0.122. The van der Waals surface area contributed by atoms with Crippen LogP contribution in [-0.2, 0) is 11.2 Å². The minimum atomic E-state index is -0.185. The molecule has 1 aliphatic rings. The zero-order valence-electron chi connectivity index (χ0n) is 10.6. The largest absolute Gasteiger partial charge is 0.353 e. The van der Waals surface area contributed by atoms with Gasteiger partial charge in [-0.25, -0.2) is 9.97 Å². The molecule has 1 aliphatic heterocycles. The first-order valence-electron chi connectivity index (χ1n) is 6.19. The first kappa shape index (κ1) is 13.3. The molecule has 18 heavy (non-hydrogen) atoms. The van der Waals surface area contributed by atoms with Crippen LogP contribution in [0, 0.1) is 0 Å². The van der Waals surface area contributed by atoms with E-state index in [1.807, 2.05) is 17.9 Å². The minimum Gasteiger partial charge on any atom is -0.353 e. The van der Waals surface area contributed by atoms with Gasteiger partial charge in [-0.05, 0) is 29.3 Å². The summed E-state index contributed by atoms with van der Waals surface area (Å²) in [4.78, 5) is 22.6. The molecule has 1 unspecified atom stereocenters. The topological polar surface area (TPSA) is 58.1 Å². The zero-order valence-corrected chi connectivity index (χ0v) is 12.2. The molecule has 6 heteroatoms. The Balaban J connectivity index is 2.28. The van der Waals surface area contributed by atoms with E-state index in [-0.39, 0.29) is 11.9 Å². The number of aryl methyl sites for hydroxylation is 1. The number of aromatic nitrogens is 2. The van der Waals surface area contributed by atoms with Gasteiger partial charge >= 0.3 is 0 Å². The first-order valence-corrected chi connectivity index (χ1v) is 6.99. The number of hydrogen-bond donors (Lipinski definition) is 1. The Morgan fingerprint density at radius 1 is 1.56 bits per heavy atom. The number of nitrogens with one attached hydrogen (secondary N) is 1. The van der Waals surface area contributed by atoms with Crippen LogP contribution < -0.4 is 10.2 Å². The molecule has 0 spiro atoms. The van der Waals surface area contributed by atoms with E-state index in [0.717, 1.165) is 35.6 Å². The monoisotopic (exact) mass is 312 g/mol. The van der Waals surface area contributed by atoms with Crippen LogP contribution in [0.2, 0.25) is 0 Å². The van der Waals surface area contributed by atoms with Gasteiger partial charge in [-0.2, -0.15) is 0 Å². The number of anilines is 1. The molecular formula is C12H17BrN4O. The third-order valence-electron chi connectivity index (χ3n) is 2.99. The van der Waals surface area contributed by atoms with Gasteiger partial charge in [-0.1, -0.05) is 6.92 Å². The highest BCUT2D eigenvalue weighted by Crippen LogP contribution is 2.20. The molecule has 1 amide bonds. The third-order valence-corrected chi connectivity index (χ3v) is 3.40. The molecule has 1 aromatic heterocycles. The summed E-state index contributed by atoms with van der Waals surface area (Å²) in [5, 5.41) is 2.85. The van der Waals surface area contributed by atoms with E-state index in [4.69, 9.17) is 0 Å². The van der Waals surface area contributed by atoms with Gasteiger partial charge in [0.25, 0.3) is 0 Å². The second-order valence-corrected chi connectivity index (χ2v) is 5.19.